The fourth-order valence-electron chi connectivity index (χ4n) is 4.43. The van der Waals surface area contributed by atoms with E-state index in [1.54, 1.807) is 29.3 Å². The van der Waals surface area contributed by atoms with Crippen LogP contribution >= 0.6 is 0 Å². The van der Waals surface area contributed by atoms with E-state index in [1.807, 2.05) is 54.6 Å². The first-order valence-corrected chi connectivity index (χ1v) is 11.3. The highest BCUT2D eigenvalue weighted by Crippen LogP contribution is 2.29. The second-order valence-corrected chi connectivity index (χ2v) is 8.49. The molecule has 3 amide bonds. The van der Waals surface area contributed by atoms with Gasteiger partial charge < -0.3 is 15.5 Å². The Morgan fingerprint density at radius 3 is 2.65 bits per heavy atom. The Hall–Kier alpha value is -4.26. The summed E-state index contributed by atoms with van der Waals surface area (Å²) in [7, 11) is 0. The molecule has 0 bridgehead atoms. The molecule has 1 fully saturated rings. The fraction of sp³-hybridized carbons (Fsp3) is 0.185. The van der Waals surface area contributed by atoms with Gasteiger partial charge in [0, 0.05) is 25.0 Å². The molecule has 2 N–H and O–H groups in total. The van der Waals surface area contributed by atoms with E-state index < -0.39 is 6.04 Å². The molecule has 3 aromatic rings. The van der Waals surface area contributed by atoms with Crippen LogP contribution in [0.5, 0.6) is 0 Å². The molecule has 0 aliphatic carbocycles. The second-order valence-electron chi connectivity index (χ2n) is 8.49. The minimum atomic E-state index is -0.642. The molecule has 7 nitrogen and oxygen atoms in total. The SMILES string of the molecule is O=C(N[C@H]1CCN2C(=O)c3cc(/C=C/c4ccccc4)ccc3NC(=O)[C@@H]2C1)c1cccnc1. The van der Waals surface area contributed by atoms with E-state index in [0.29, 0.717) is 36.2 Å². The molecule has 5 rings (SSSR count). The summed E-state index contributed by atoms with van der Waals surface area (Å²) in [6.45, 7) is 0.387. The first-order valence-electron chi connectivity index (χ1n) is 11.3. The minimum Gasteiger partial charge on any atom is -0.349 e. The number of benzene rings is 2. The van der Waals surface area contributed by atoms with Gasteiger partial charge in [0.25, 0.3) is 11.8 Å². The molecule has 170 valence electrons. The van der Waals surface area contributed by atoms with Crippen molar-refractivity contribution >= 4 is 35.6 Å². The molecule has 2 atom stereocenters. The van der Waals surface area contributed by atoms with E-state index in [1.165, 1.54) is 6.20 Å². The molecule has 0 saturated carbocycles. The molecule has 2 aliphatic heterocycles. The van der Waals surface area contributed by atoms with Gasteiger partial charge >= 0.3 is 0 Å². The van der Waals surface area contributed by atoms with Crippen molar-refractivity contribution in [2.75, 3.05) is 11.9 Å². The third-order valence-corrected chi connectivity index (χ3v) is 6.22. The first-order chi connectivity index (χ1) is 16.6. The molecule has 34 heavy (non-hydrogen) atoms. The maximum Gasteiger partial charge on any atom is 0.256 e. The maximum absolute atomic E-state index is 13.4. The Kier molecular flexibility index (Phi) is 5.91. The Morgan fingerprint density at radius 1 is 1.03 bits per heavy atom. The van der Waals surface area contributed by atoms with Crippen molar-refractivity contribution in [2.45, 2.75) is 24.9 Å². The molecular weight excluding hydrogens is 428 g/mol. The van der Waals surface area contributed by atoms with Crippen LogP contribution in [0, 0.1) is 0 Å². The van der Waals surface area contributed by atoms with Gasteiger partial charge in [-0.25, -0.2) is 0 Å². The largest absolute Gasteiger partial charge is 0.349 e. The summed E-state index contributed by atoms with van der Waals surface area (Å²) in [6, 6.07) is 17.9. The average molecular weight is 453 g/mol. The van der Waals surface area contributed by atoms with Crippen molar-refractivity contribution in [2.24, 2.45) is 0 Å². The number of aromatic nitrogens is 1. The summed E-state index contributed by atoms with van der Waals surface area (Å²) in [5, 5.41) is 5.89. The lowest BCUT2D eigenvalue weighted by atomic mass is 9.95. The number of anilines is 1. The molecule has 0 spiro atoms. The number of hydrogen-bond donors (Lipinski definition) is 2. The number of nitrogens with zero attached hydrogens (tertiary/aromatic N) is 2. The lowest BCUT2D eigenvalue weighted by Gasteiger charge is -2.37. The topological polar surface area (TPSA) is 91.4 Å². The van der Waals surface area contributed by atoms with Crippen molar-refractivity contribution in [3.05, 3.63) is 95.3 Å². The zero-order valence-corrected chi connectivity index (χ0v) is 18.5. The van der Waals surface area contributed by atoms with E-state index in [4.69, 9.17) is 0 Å². The standard InChI is InChI=1S/C27H24N4O3/c32-25(20-7-4-13-28-17-20)29-21-12-14-31-24(16-21)26(33)30-23-11-10-19(15-22(23)27(31)34)9-8-18-5-2-1-3-6-18/h1-11,13,15,17,21,24H,12,14,16H2,(H,29,32)(H,30,33)/b9-8+/t21-,24-/m0/s1. The molecule has 0 unspecified atom stereocenters. The van der Waals surface area contributed by atoms with E-state index in [2.05, 4.69) is 15.6 Å². The number of carbonyl (C=O) groups excluding carboxylic acids is 3. The Morgan fingerprint density at radius 2 is 1.85 bits per heavy atom. The highest BCUT2D eigenvalue weighted by Gasteiger charge is 2.40. The third-order valence-electron chi connectivity index (χ3n) is 6.22. The van der Waals surface area contributed by atoms with Crippen LogP contribution in [0.1, 0.15) is 44.7 Å². The molecular formula is C27H24N4O3. The summed E-state index contributed by atoms with van der Waals surface area (Å²) in [5.74, 6) is -0.643. The number of amides is 3. The smallest absolute Gasteiger partial charge is 0.256 e. The lowest BCUT2D eigenvalue weighted by molar-refractivity contribution is -0.121. The summed E-state index contributed by atoms with van der Waals surface area (Å²) in [6.07, 6.45) is 7.99. The van der Waals surface area contributed by atoms with Crippen LogP contribution in [-0.2, 0) is 4.79 Å². The van der Waals surface area contributed by atoms with Crippen LogP contribution in [0.2, 0.25) is 0 Å². The summed E-state index contributed by atoms with van der Waals surface area (Å²) in [5.41, 5.74) is 3.39. The number of rotatable bonds is 4. The van der Waals surface area contributed by atoms with Gasteiger partial charge in [0.05, 0.1) is 16.8 Å². The monoisotopic (exact) mass is 452 g/mol. The van der Waals surface area contributed by atoms with Gasteiger partial charge in [-0.2, -0.15) is 0 Å². The average Bonchev–Trinajstić information content (AvgIpc) is 2.98. The van der Waals surface area contributed by atoms with Crippen molar-refractivity contribution in [1.82, 2.24) is 15.2 Å². The molecule has 1 aromatic heterocycles. The zero-order valence-electron chi connectivity index (χ0n) is 18.5. The number of carbonyl (C=O) groups is 3. The van der Waals surface area contributed by atoms with Crippen LogP contribution in [-0.4, -0.2) is 46.2 Å². The quantitative estimate of drug-likeness (QED) is 0.592. The van der Waals surface area contributed by atoms with Crippen LogP contribution in [0.3, 0.4) is 0 Å². The first kappa shape index (κ1) is 21.6. The summed E-state index contributed by atoms with van der Waals surface area (Å²) < 4.78 is 0. The van der Waals surface area contributed by atoms with Gasteiger partial charge in [-0.3, -0.25) is 19.4 Å². The van der Waals surface area contributed by atoms with Crippen molar-refractivity contribution < 1.29 is 14.4 Å². The van der Waals surface area contributed by atoms with Crippen LogP contribution in [0.25, 0.3) is 12.2 Å². The van der Waals surface area contributed by atoms with Crippen LogP contribution in [0.4, 0.5) is 5.69 Å². The van der Waals surface area contributed by atoms with Gasteiger partial charge in [0.1, 0.15) is 6.04 Å². The molecule has 2 aliphatic rings. The number of hydrogen-bond acceptors (Lipinski definition) is 4. The highest BCUT2D eigenvalue weighted by atomic mass is 16.2. The molecule has 1 saturated heterocycles. The maximum atomic E-state index is 13.4. The summed E-state index contributed by atoms with van der Waals surface area (Å²) >= 11 is 0. The van der Waals surface area contributed by atoms with Crippen molar-refractivity contribution in [3.8, 4) is 0 Å². The van der Waals surface area contributed by atoms with Gasteiger partial charge in [-0.05, 0) is 48.2 Å². The number of piperidine rings is 1. The second kappa shape index (κ2) is 9.31. The summed E-state index contributed by atoms with van der Waals surface area (Å²) in [4.78, 5) is 44.5. The zero-order chi connectivity index (χ0) is 23.5. The van der Waals surface area contributed by atoms with Gasteiger partial charge in [-0.1, -0.05) is 48.6 Å². The predicted molar refractivity (Wildman–Crippen MR) is 130 cm³/mol. The van der Waals surface area contributed by atoms with Gasteiger partial charge in [0.15, 0.2) is 0 Å². The number of nitrogens with one attached hydrogen (secondary N) is 2. The number of fused-ring (bicyclic) bond motifs is 2. The van der Waals surface area contributed by atoms with E-state index >= 15 is 0 Å². The highest BCUT2D eigenvalue weighted by molar-refractivity contribution is 6.10. The molecule has 3 heterocycles. The minimum absolute atomic E-state index is 0.176. The fourth-order valence-corrected chi connectivity index (χ4v) is 4.43. The third kappa shape index (κ3) is 4.45. The van der Waals surface area contributed by atoms with Crippen molar-refractivity contribution in [3.63, 3.8) is 0 Å². The molecule has 0 radical (unpaired) electrons. The van der Waals surface area contributed by atoms with Crippen LogP contribution in [0.15, 0.2) is 73.1 Å². The molecule has 7 heteroatoms. The van der Waals surface area contributed by atoms with E-state index in [9.17, 15) is 14.4 Å². The van der Waals surface area contributed by atoms with Crippen LogP contribution < -0.4 is 10.6 Å². The van der Waals surface area contributed by atoms with Gasteiger partial charge in [0.2, 0.25) is 5.91 Å². The Balaban J connectivity index is 1.33. The lowest BCUT2D eigenvalue weighted by Crippen LogP contribution is -2.55. The van der Waals surface area contributed by atoms with Gasteiger partial charge in [-0.15, -0.1) is 0 Å². The molecule has 2 aromatic carbocycles. The van der Waals surface area contributed by atoms with E-state index in [0.717, 1.165) is 11.1 Å². The Labute approximate surface area is 197 Å². The van der Waals surface area contributed by atoms with Crippen molar-refractivity contribution in [1.29, 1.82) is 0 Å². The number of pyridine rings is 1. The normalized spacial score (nSPS) is 19.7. The van der Waals surface area contributed by atoms with E-state index in [-0.39, 0.29) is 23.8 Å². The predicted octanol–water partition coefficient (Wildman–Crippen LogP) is 3.61. The Bertz CT molecular complexity index is 1260.